The molecule has 0 spiro atoms. The maximum Gasteiger partial charge on any atom is 0.320 e. The number of rotatable bonds is 4. The Morgan fingerprint density at radius 2 is 1.41 bits per heavy atom. The minimum Gasteiger partial charge on any atom is -0.337 e. The van der Waals surface area contributed by atoms with Crippen molar-refractivity contribution in [3.05, 3.63) is 59.1 Å². The first kappa shape index (κ1) is 22.6. The molecule has 2 aromatic rings. The van der Waals surface area contributed by atoms with Crippen LogP contribution in [0, 0.1) is 0 Å². The molecule has 2 fully saturated rings. The van der Waals surface area contributed by atoms with E-state index in [1.54, 1.807) is 4.90 Å². The van der Waals surface area contributed by atoms with Crippen LogP contribution in [0.15, 0.2) is 48.5 Å². The Bertz CT molecular complexity index is 963. The third-order valence-electron chi connectivity index (χ3n) is 6.83. The van der Waals surface area contributed by atoms with Gasteiger partial charge in [0, 0.05) is 50.4 Å². The monoisotopic (exact) mass is 454 g/mol. The van der Waals surface area contributed by atoms with Crippen LogP contribution in [0.4, 0.5) is 4.79 Å². The van der Waals surface area contributed by atoms with E-state index in [1.165, 1.54) is 0 Å². The van der Waals surface area contributed by atoms with Crippen LogP contribution in [0.5, 0.6) is 0 Å². The Labute approximate surface area is 195 Å². The number of amides is 3. The highest BCUT2D eigenvalue weighted by Crippen LogP contribution is 2.24. The number of hydrogen-bond acceptors (Lipinski definition) is 3. The highest BCUT2D eigenvalue weighted by molar-refractivity contribution is 6.30. The van der Waals surface area contributed by atoms with Gasteiger partial charge in [-0.25, -0.2) is 4.79 Å². The number of carbonyl (C=O) groups is 2. The van der Waals surface area contributed by atoms with Crippen LogP contribution in [0.3, 0.4) is 0 Å². The van der Waals surface area contributed by atoms with Gasteiger partial charge in [-0.05, 0) is 61.8 Å². The lowest BCUT2D eigenvalue weighted by Gasteiger charge is -2.30. The molecule has 0 aromatic heterocycles. The molecular formula is C25H31ClN4O2. The van der Waals surface area contributed by atoms with E-state index in [4.69, 9.17) is 11.6 Å². The van der Waals surface area contributed by atoms with Crippen LogP contribution in [-0.2, 0) is 0 Å². The fraction of sp³-hybridized carbons (Fsp3) is 0.440. The average Bonchev–Trinajstić information content (AvgIpc) is 3.47. The lowest BCUT2D eigenvalue weighted by Crippen LogP contribution is -2.47. The quantitative estimate of drug-likeness (QED) is 0.703. The van der Waals surface area contributed by atoms with E-state index < -0.39 is 0 Å². The number of benzene rings is 2. The Balaban J connectivity index is 1.36. The van der Waals surface area contributed by atoms with E-state index >= 15 is 0 Å². The second-order valence-electron chi connectivity index (χ2n) is 8.99. The molecule has 2 atom stereocenters. The highest BCUT2D eigenvalue weighted by atomic mass is 35.5. The molecule has 2 saturated heterocycles. The Morgan fingerprint density at radius 3 is 2.00 bits per heavy atom. The summed E-state index contributed by atoms with van der Waals surface area (Å²) in [5.74, 6) is -0.0160. The number of likely N-dealkylation sites (N-methyl/N-ethyl adjacent to an activating group) is 3. The maximum absolute atomic E-state index is 13.1. The van der Waals surface area contributed by atoms with Gasteiger partial charge in [0.15, 0.2) is 0 Å². The zero-order valence-electron chi connectivity index (χ0n) is 19.0. The topological polar surface area (TPSA) is 47.1 Å². The van der Waals surface area contributed by atoms with Gasteiger partial charge >= 0.3 is 6.03 Å². The molecule has 0 N–H and O–H groups in total. The van der Waals surface area contributed by atoms with Gasteiger partial charge in [0.2, 0.25) is 0 Å². The van der Waals surface area contributed by atoms with Crippen molar-refractivity contribution in [1.29, 1.82) is 0 Å². The minimum atomic E-state index is -0.0160. The summed E-state index contributed by atoms with van der Waals surface area (Å²) >= 11 is 5.97. The van der Waals surface area contributed by atoms with E-state index in [0.717, 1.165) is 37.1 Å². The van der Waals surface area contributed by atoms with Crippen molar-refractivity contribution in [3.8, 4) is 11.1 Å². The molecule has 0 radical (unpaired) electrons. The van der Waals surface area contributed by atoms with Crippen LogP contribution < -0.4 is 0 Å². The molecule has 6 nitrogen and oxygen atoms in total. The average molecular weight is 455 g/mol. The summed E-state index contributed by atoms with van der Waals surface area (Å²) in [6, 6.07) is 15.7. The number of urea groups is 1. The van der Waals surface area contributed by atoms with Gasteiger partial charge in [0.05, 0.1) is 6.04 Å². The largest absolute Gasteiger partial charge is 0.337 e. The van der Waals surface area contributed by atoms with E-state index in [2.05, 4.69) is 11.9 Å². The molecule has 32 heavy (non-hydrogen) atoms. The van der Waals surface area contributed by atoms with Crippen LogP contribution in [-0.4, -0.2) is 90.9 Å². The Hall–Kier alpha value is -2.57. The summed E-state index contributed by atoms with van der Waals surface area (Å²) in [6.45, 7) is 3.21. The lowest BCUT2D eigenvalue weighted by atomic mass is 10.0. The van der Waals surface area contributed by atoms with E-state index in [0.29, 0.717) is 23.7 Å². The van der Waals surface area contributed by atoms with E-state index in [-0.39, 0.29) is 24.0 Å². The summed E-state index contributed by atoms with van der Waals surface area (Å²) < 4.78 is 0. The summed E-state index contributed by atoms with van der Waals surface area (Å²) in [5, 5.41) is 0.702. The fourth-order valence-corrected chi connectivity index (χ4v) is 4.78. The molecule has 2 heterocycles. The first-order valence-corrected chi connectivity index (χ1v) is 11.5. The number of hydrogen-bond donors (Lipinski definition) is 0. The summed E-state index contributed by atoms with van der Waals surface area (Å²) in [7, 11) is 5.83. The second kappa shape index (κ2) is 9.51. The lowest BCUT2D eigenvalue weighted by molar-refractivity contribution is 0.0734. The normalized spacial score (nSPS) is 21.1. The zero-order valence-corrected chi connectivity index (χ0v) is 19.8. The standard InChI is InChI=1S/C25H31ClN4O2/c1-27-14-12-22(16-27)29(3)25(32)30-15-13-23(17-30)28(2)24(31)20-6-4-18(5-7-20)19-8-10-21(26)11-9-19/h4-11,22-23H,12-17H2,1-3H3/t22-,23+/m1/s1. The molecule has 4 rings (SSSR count). The van der Waals surface area contributed by atoms with Gasteiger partial charge in [0.1, 0.15) is 0 Å². The van der Waals surface area contributed by atoms with Crippen molar-refractivity contribution in [1.82, 2.24) is 19.6 Å². The number of nitrogens with zero attached hydrogens (tertiary/aromatic N) is 4. The van der Waals surface area contributed by atoms with Gasteiger partial charge in [-0.1, -0.05) is 35.9 Å². The minimum absolute atomic E-state index is 0.0160. The van der Waals surface area contributed by atoms with Crippen LogP contribution in [0.1, 0.15) is 23.2 Å². The van der Waals surface area contributed by atoms with Gasteiger partial charge in [0.25, 0.3) is 5.91 Å². The molecular weight excluding hydrogens is 424 g/mol. The fourth-order valence-electron chi connectivity index (χ4n) is 4.66. The van der Waals surface area contributed by atoms with Crippen molar-refractivity contribution < 1.29 is 9.59 Å². The summed E-state index contributed by atoms with van der Waals surface area (Å²) in [4.78, 5) is 33.8. The second-order valence-corrected chi connectivity index (χ2v) is 9.42. The molecule has 7 heteroatoms. The van der Waals surface area contributed by atoms with Gasteiger partial charge in [-0.2, -0.15) is 0 Å². The van der Waals surface area contributed by atoms with Crippen molar-refractivity contribution in [2.75, 3.05) is 47.3 Å². The first-order chi connectivity index (χ1) is 15.3. The number of likely N-dealkylation sites (tertiary alicyclic amines) is 2. The SMILES string of the molecule is CN1CC[C@@H](N(C)C(=O)N2CC[C@H](N(C)C(=O)c3ccc(-c4ccc(Cl)cc4)cc3)C2)C1. The molecule has 2 aromatic carbocycles. The number of halogens is 1. The predicted molar refractivity (Wildman–Crippen MR) is 128 cm³/mol. The third kappa shape index (κ3) is 4.76. The first-order valence-electron chi connectivity index (χ1n) is 11.2. The molecule has 0 saturated carbocycles. The van der Waals surface area contributed by atoms with Crippen LogP contribution >= 0.6 is 11.6 Å². The van der Waals surface area contributed by atoms with E-state index in [9.17, 15) is 9.59 Å². The van der Waals surface area contributed by atoms with Gasteiger partial charge in [-0.3, -0.25) is 4.79 Å². The zero-order chi connectivity index (χ0) is 22.8. The molecule has 0 aliphatic carbocycles. The van der Waals surface area contributed by atoms with Crippen molar-refractivity contribution in [2.24, 2.45) is 0 Å². The Morgan fingerprint density at radius 1 is 0.844 bits per heavy atom. The molecule has 2 aliphatic rings. The highest BCUT2D eigenvalue weighted by Gasteiger charge is 2.35. The predicted octanol–water partition coefficient (Wildman–Crippen LogP) is 3.91. The molecule has 0 bridgehead atoms. The summed E-state index contributed by atoms with van der Waals surface area (Å²) in [5.41, 5.74) is 2.75. The van der Waals surface area contributed by atoms with Crippen molar-refractivity contribution >= 4 is 23.5 Å². The van der Waals surface area contributed by atoms with E-state index in [1.807, 2.05) is 72.4 Å². The smallest absolute Gasteiger partial charge is 0.320 e. The summed E-state index contributed by atoms with van der Waals surface area (Å²) in [6.07, 6.45) is 1.82. The Kier molecular flexibility index (Phi) is 6.72. The molecule has 0 unspecified atom stereocenters. The number of carbonyl (C=O) groups excluding carboxylic acids is 2. The maximum atomic E-state index is 13.1. The van der Waals surface area contributed by atoms with Crippen molar-refractivity contribution in [2.45, 2.75) is 24.9 Å². The molecule has 2 aliphatic heterocycles. The third-order valence-corrected chi connectivity index (χ3v) is 7.08. The molecule has 3 amide bonds. The molecule has 170 valence electrons. The van der Waals surface area contributed by atoms with Crippen LogP contribution in [0.25, 0.3) is 11.1 Å². The van der Waals surface area contributed by atoms with Crippen LogP contribution in [0.2, 0.25) is 5.02 Å². The van der Waals surface area contributed by atoms with Crippen molar-refractivity contribution in [3.63, 3.8) is 0 Å². The van der Waals surface area contributed by atoms with Gasteiger partial charge in [-0.15, -0.1) is 0 Å². The van der Waals surface area contributed by atoms with Gasteiger partial charge < -0.3 is 19.6 Å².